The lowest BCUT2D eigenvalue weighted by Gasteiger charge is -2.12. The van der Waals surface area contributed by atoms with Crippen LogP contribution in [0.15, 0.2) is 29.6 Å². The van der Waals surface area contributed by atoms with Crippen molar-refractivity contribution < 1.29 is 4.79 Å². The highest BCUT2D eigenvalue weighted by molar-refractivity contribution is 7.14. The first-order valence-corrected chi connectivity index (χ1v) is 8.71. The van der Waals surface area contributed by atoms with E-state index in [1.54, 1.807) is 18.3 Å². The number of anilines is 2. The Bertz CT molecular complexity index is 665. The van der Waals surface area contributed by atoms with Crippen molar-refractivity contribution in [2.75, 3.05) is 23.3 Å². The average molecular weight is 336 g/mol. The van der Waals surface area contributed by atoms with Crippen molar-refractivity contribution >= 4 is 39.7 Å². The number of halogens is 1. The predicted octanol–water partition coefficient (Wildman–Crippen LogP) is 3.98. The fraction of sp³-hybridized carbons (Fsp3) is 0.375. The number of nitrogens with zero attached hydrogens (tertiary/aromatic N) is 2. The van der Waals surface area contributed by atoms with E-state index in [4.69, 9.17) is 16.6 Å². The summed E-state index contributed by atoms with van der Waals surface area (Å²) in [6.07, 6.45) is 2.49. The first-order chi connectivity index (χ1) is 10.6. The number of aromatic nitrogens is 1. The van der Waals surface area contributed by atoms with E-state index in [1.807, 2.05) is 24.3 Å². The van der Waals surface area contributed by atoms with E-state index >= 15 is 0 Å². The second-order valence-electron chi connectivity index (χ2n) is 5.40. The van der Waals surface area contributed by atoms with Gasteiger partial charge in [0.2, 0.25) is 5.91 Å². The minimum Gasteiger partial charge on any atom is -0.348 e. The largest absolute Gasteiger partial charge is 0.348 e. The van der Waals surface area contributed by atoms with Crippen LogP contribution < -0.4 is 10.2 Å². The molecule has 1 aliphatic heterocycles. The number of carbonyl (C=O) groups is 1. The van der Waals surface area contributed by atoms with Gasteiger partial charge in [0.15, 0.2) is 5.13 Å². The maximum absolute atomic E-state index is 11.7. The Morgan fingerprint density at radius 1 is 1.41 bits per heavy atom. The van der Waals surface area contributed by atoms with Crippen LogP contribution in [-0.2, 0) is 4.79 Å². The van der Waals surface area contributed by atoms with E-state index in [-0.39, 0.29) is 5.91 Å². The zero-order chi connectivity index (χ0) is 15.5. The highest BCUT2D eigenvalue weighted by Crippen LogP contribution is 2.30. The number of nitrogens with one attached hydrogen (secondary N) is 1. The molecule has 1 N–H and O–H groups in total. The molecular formula is C16H18ClN3OS. The zero-order valence-corrected chi connectivity index (χ0v) is 14.0. The van der Waals surface area contributed by atoms with Gasteiger partial charge in [0.1, 0.15) is 5.38 Å². The summed E-state index contributed by atoms with van der Waals surface area (Å²) in [5, 5.41) is 5.40. The quantitative estimate of drug-likeness (QED) is 0.860. The molecule has 1 aliphatic rings. The molecule has 1 saturated heterocycles. The van der Waals surface area contributed by atoms with E-state index in [1.165, 1.54) is 12.8 Å². The van der Waals surface area contributed by atoms with Crippen molar-refractivity contribution in [3.05, 3.63) is 29.6 Å². The number of rotatable bonds is 4. The maximum atomic E-state index is 11.7. The highest BCUT2D eigenvalue weighted by atomic mass is 35.5. The number of carbonyl (C=O) groups excluding carboxylic acids is 1. The van der Waals surface area contributed by atoms with Crippen LogP contribution in [0.2, 0.25) is 0 Å². The summed E-state index contributed by atoms with van der Waals surface area (Å²) in [6, 6.07) is 7.70. The molecule has 0 spiro atoms. The fourth-order valence-corrected chi connectivity index (χ4v) is 3.39. The van der Waals surface area contributed by atoms with Gasteiger partial charge < -0.3 is 10.2 Å². The first-order valence-electron chi connectivity index (χ1n) is 7.39. The average Bonchev–Trinajstić information content (AvgIpc) is 3.18. The lowest BCUT2D eigenvalue weighted by Crippen LogP contribution is -2.20. The van der Waals surface area contributed by atoms with Gasteiger partial charge in [0.05, 0.1) is 5.69 Å². The summed E-state index contributed by atoms with van der Waals surface area (Å²) in [4.78, 5) is 18.7. The van der Waals surface area contributed by atoms with Crippen LogP contribution >= 0.6 is 22.9 Å². The summed E-state index contributed by atoms with van der Waals surface area (Å²) >= 11 is 7.46. The van der Waals surface area contributed by atoms with Crippen LogP contribution in [0.25, 0.3) is 11.3 Å². The molecule has 116 valence electrons. The maximum Gasteiger partial charge on any atom is 0.242 e. The van der Waals surface area contributed by atoms with Gasteiger partial charge in [-0.2, -0.15) is 0 Å². The van der Waals surface area contributed by atoms with Crippen LogP contribution in [-0.4, -0.2) is 29.4 Å². The Hall–Kier alpha value is -1.59. The smallest absolute Gasteiger partial charge is 0.242 e. The number of benzene rings is 1. The number of alkyl halides is 1. The third-order valence-corrected chi connectivity index (χ3v) is 4.76. The number of hydrogen-bond acceptors (Lipinski definition) is 4. The van der Waals surface area contributed by atoms with Gasteiger partial charge in [-0.1, -0.05) is 12.1 Å². The molecule has 0 aliphatic carbocycles. The standard InChI is InChI=1S/C16H18ClN3OS/c1-11(17)15(21)18-13-6-4-5-12(9-13)14-10-22-16(19-14)20-7-2-3-8-20/h4-6,9-11H,2-3,7-8H2,1H3,(H,18,21). The lowest BCUT2D eigenvalue weighted by molar-refractivity contribution is -0.115. The second kappa shape index (κ2) is 6.67. The van der Waals surface area contributed by atoms with Gasteiger partial charge in [-0.3, -0.25) is 4.79 Å². The van der Waals surface area contributed by atoms with Crippen molar-refractivity contribution in [1.29, 1.82) is 0 Å². The summed E-state index contributed by atoms with van der Waals surface area (Å²) in [5.41, 5.74) is 2.69. The molecule has 22 heavy (non-hydrogen) atoms. The Kier molecular flexibility index (Phi) is 4.64. The Morgan fingerprint density at radius 2 is 2.18 bits per heavy atom. The summed E-state index contributed by atoms with van der Waals surface area (Å²) in [6.45, 7) is 3.84. The lowest BCUT2D eigenvalue weighted by atomic mass is 10.1. The fourth-order valence-electron chi connectivity index (χ4n) is 2.45. The summed E-state index contributed by atoms with van der Waals surface area (Å²) in [5.74, 6) is -0.199. The van der Waals surface area contributed by atoms with E-state index in [0.29, 0.717) is 0 Å². The SMILES string of the molecule is CC(Cl)C(=O)Nc1cccc(-c2csc(N3CCCC3)n2)c1. The molecule has 1 atom stereocenters. The van der Waals surface area contributed by atoms with E-state index < -0.39 is 5.38 Å². The molecule has 6 heteroatoms. The zero-order valence-electron chi connectivity index (χ0n) is 12.4. The Balaban J connectivity index is 1.78. The predicted molar refractivity (Wildman–Crippen MR) is 92.9 cm³/mol. The van der Waals surface area contributed by atoms with Crippen LogP contribution in [0.1, 0.15) is 19.8 Å². The van der Waals surface area contributed by atoms with Crippen molar-refractivity contribution in [1.82, 2.24) is 4.98 Å². The van der Waals surface area contributed by atoms with Gasteiger partial charge in [-0.15, -0.1) is 22.9 Å². The van der Waals surface area contributed by atoms with Crippen LogP contribution in [0.5, 0.6) is 0 Å². The van der Waals surface area contributed by atoms with Gasteiger partial charge in [-0.05, 0) is 31.9 Å². The molecule has 4 nitrogen and oxygen atoms in total. The normalized spacial score (nSPS) is 15.8. The minimum absolute atomic E-state index is 0.199. The van der Waals surface area contributed by atoms with Crippen molar-refractivity contribution in [3.8, 4) is 11.3 Å². The highest BCUT2D eigenvalue weighted by Gasteiger charge is 2.16. The molecule has 1 unspecified atom stereocenters. The topological polar surface area (TPSA) is 45.2 Å². The van der Waals surface area contributed by atoms with Gasteiger partial charge in [-0.25, -0.2) is 4.98 Å². The van der Waals surface area contributed by atoms with E-state index in [0.717, 1.165) is 35.2 Å². The first kappa shape index (κ1) is 15.3. The molecule has 3 rings (SSSR count). The van der Waals surface area contributed by atoms with Crippen LogP contribution in [0.3, 0.4) is 0 Å². The molecule has 1 fully saturated rings. The third kappa shape index (κ3) is 3.42. The van der Waals surface area contributed by atoms with Gasteiger partial charge in [0.25, 0.3) is 0 Å². The third-order valence-electron chi connectivity index (χ3n) is 3.66. The molecule has 2 heterocycles. The number of amides is 1. The van der Waals surface area contributed by atoms with Gasteiger partial charge in [0, 0.05) is 29.7 Å². The molecule has 0 saturated carbocycles. The number of hydrogen-bond donors (Lipinski definition) is 1. The van der Waals surface area contributed by atoms with Crippen molar-refractivity contribution in [2.24, 2.45) is 0 Å². The van der Waals surface area contributed by atoms with Crippen LogP contribution in [0.4, 0.5) is 10.8 Å². The molecule has 1 aromatic carbocycles. The van der Waals surface area contributed by atoms with Crippen molar-refractivity contribution in [3.63, 3.8) is 0 Å². The summed E-state index contributed by atoms with van der Waals surface area (Å²) < 4.78 is 0. The van der Waals surface area contributed by atoms with Crippen molar-refractivity contribution in [2.45, 2.75) is 25.1 Å². The Labute approximate surface area is 139 Å². The molecule has 0 radical (unpaired) electrons. The molecular weight excluding hydrogens is 318 g/mol. The summed E-state index contributed by atoms with van der Waals surface area (Å²) in [7, 11) is 0. The molecule has 1 amide bonds. The molecule has 0 bridgehead atoms. The second-order valence-corrected chi connectivity index (χ2v) is 6.89. The molecule has 1 aromatic heterocycles. The molecule has 2 aromatic rings. The monoisotopic (exact) mass is 335 g/mol. The van der Waals surface area contributed by atoms with E-state index in [9.17, 15) is 4.79 Å². The Morgan fingerprint density at radius 3 is 2.91 bits per heavy atom. The van der Waals surface area contributed by atoms with Crippen LogP contribution in [0, 0.1) is 0 Å². The van der Waals surface area contributed by atoms with E-state index in [2.05, 4.69) is 15.6 Å². The number of thiazole rings is 1. The van der Waals surface area contributed by atoms with Gasteiger partial charge >= 0.3 is 0 Å². The minimum atomic E-state index is -0.551.